The van der Waals surface area contributed by atoms with Crippen LogP contribution in [0.3, 0.4) is 0 Å². The summed E-state index contributed by atoms with van der Waals surface area (Å²) in [4.78, 5) is 22.8. The van der Waals surface area contributed by atoms with Gasteiger partial charge in [-0.3, -0.25) is 14.2 Å². The van der Waals surface area contributed by atoms with E-state index in [-0.39, 0.29) is 6.16 Å². The summed E-state index contributed by atoms with van der Waals surface area (Å²) in [5.74, 6) is -1.07. The third kappa shape index (κ3) is 6.47. The number of nitrogens with two attached hydrogens (primary N) is 1. The van der Waals surface area contributed by atoms with Crippen LogP contribution in [0.2, 0.25) is 0 Å². The van der Waals surface area contributed by atoms with Crippen molar-refractivity contribution in [3.05, 3.63) is 0 Å². The fourth-order valence-electron chi connectivity index (χ4n) is 1.56. The molecule has 0 fully saturated rings. The van der Waals surface area contributed by atoms with E-state index in [4.69, 9.17) is 5.73 Å². The molecule has 0 aromatic heterocycles. The van der Waals surface area contributed by atoms with Gasteiger partial charge < -0.3 is 15.2 Å². The van der Waals surface area contributed by atoms with Gasteiger partial charge in [0.2, 0.25) is 7.44 Å². The second kappa shape index (κ2) is 9.07. The lowest BCUT2D eigenvalue weighted by atomic mass is 10.4. The minimum absolute atomic E-state index is 0.214. The van der Waals surface area contributed by atoms with E-state index in [2.05, 4.69) is 19.6 Å². The van der Waals surface area contributed by atoms with Crippen molar-refractivity contribution in [1.82, 2.24) is 10.2 Å². The van der Waals surface area contributed by atoms with E-state index in [1.54, 1.807) is 0 Å². The normalized spacial score (nSPS) is 16.9. The summed E-state index contributed by atoms with van der Waals surface area (Å²) in [6.07, 6.45) is 0.700. The highest BCUT2D eigenvalue weighted by Crippen LogP contribution is 2.38. The van der Waals surface area contributed by atoms with E-state index in [0.29, 0.717) is 13.0 Å². The number of carbonyl (C=O) groups excluding carboxylic acids is 2. The van der Waals surface area contributed by atoms with Crippen LogP contribution in [0, 0.1) is 0 Å². The van der Waals surface area contributed by atoms with Gasteiger partial charge >= 0.3 is 11.9 Å². The first-order valence-corrected chi connectivity index (χ1v) is 8.19. The summed E-state index contributed by atoms with van der Waals surface area (Å²) in [5, 5.41) is 5.39. The Morgan fingerprint density at radius 3 is 1.80 bits per heavy atom. The molecule has 0 saturated heterocycles. The molecule has 9 heteroatoms. The highest BCUT2D eigenvalue weighted by atomic mass is 31.2. The summed E-state index contributed by atoms with van der Waals surface area (Å²) in [7, 11) is -0.672. The molecule has 0 aliphatic rings. The highest BCUT2D eigenvalue weighted by Gasteiger charge is 2.30. The lowest BCUT2D eigenvalue weighted by Gasteiger charge is -2.25. The molecule has 0 bridgehead atoms. The van der Waals surface area contributed by atoms with Crippen molar-refractivity contribution in [2.24, 2.45) is 5.73 Å². The lowest BCUT2D eigenvalue weighted by Crippen LogP contribution is -2.42. The maximum Gasteiger partial charge on any atom is 0.322 e. The van der Waals surface area contributed by atoms with Gasteiger partial charge in [-0.25, -0.2) is 10.2 Å². The molecule has 0 saturated carbocycles. The summed E-state index contributed by atoms with van der Waals surface area (Å²) < 4.78 is 21.9. The molecule has 0 aliphatic carbocycles. The first-order chi connectivity index (χ1) is 9.29. The molecule has 2 unspecified atom stereocenters. The van der Waals surface area contributed by atoms with Crippen LogP contribution < -0.4 is 15.9 Å². The Labute approximate surface area is 119 Å². The first kappa shape index (κ1) is 19.1. The van der Waals surface area contributed by atoms with Crippen molar-refractivity contribution < 1.29 is 23.6 Å². The molecule has 0 aliphatic heterocycles. The van der Waals surface area contributed by atoms with Gasteiger partial charge in [0.25, 0.3) is 0 Å². The van der Waals surface area contributed by atoms with Gasteiger partial charge in [-0.15, -0.1) is 0 Å². The Hall–Kier alpha value is -0.950. The molecule has 0 rings (SSSR count). The van der Waals surface area contributed by atoms with Crippen molar-refractivity contribution in [2.75, 3.05) is 26.9 Å². The second-order valence-corrected chi connectivity index (χ2v) is 6.80. The van der Waals surface area contributed by atoms with Crippen LogP contribution >= 0.6 is 7.44 Å². The third-order valence-electron chi connectivity index (χ3n) is 2.59. The SMILES string of the molecule is COC(=O)C(C)NP(=O)(CCCN)NC(C)C(=O)OC. The Balaban J connectivity index is 4.86. The van der Waals surface area contributed by atoms with Crippen molar-refractivity contribution in [3.63, 3.8) is 0 Å². The van der Waals surface area contributed by atoms with Gasteiger partial charge in [0.1, 0.15) is 12.1 Å². The monoisotopic (exact) mass is 309 g/mol. The molecular formula is C11H24N3O5P. The van der Waals surface area contributed by atoms with Crippen LogP contribution in [0.1, 0.15) is 20.3 Å². The van der Waals surface area contributed by atoms with Crippen molar-refractivity contribution in [1.29, 1.82) is 0 Å². The van der Waals surface area contributed by atoms with E-state index >= 15 is 0 Å². The Bertz CT molecular complexity index is 349. The number of rotatable bonds is 9. The van der Waals surface area contributed by atoms with E-state index in [9.17, 15) is 14.2 Å². The number of esters is 2. The molecule has 0 heterocycles. The third-order valence-corrected chi connectivity index (χ3v) is 5.15. The van der Waals surface area contributed by atoms with Crippen LogP contribution in [0.15, 0.2) is 0 Å². The number of methoxy groups -OCH3 is 2. The minimum Gasteiger partial charge on any atom is -0.468 e. The number of hydrogen-bond donors (Lipinski definition) is 3. The van der Waals surface area contributed by atoms with Gasteiger partial charge in [-0.1, -0.05) is 0 Å². The molecule has 8 nitrogen and oxygen atoms in total. The lowest BCUT2D eigenvalue weighted by molar-refractivity contribution is -0.142. The molecule has 0 aromatic rings. The Morgan fingerprint density at radius 1 is 1.10 bits per heavy atom. The number of nitrogens with one attached hydrogen (secondary N) is 2. The van der Waals surface area contributed by atoms with Gasteiger partial charge in [-0.2, -0.15) is 0 Å². The zero-order valence-electron chi connectivity index (χ0n) is 12.3. The van der Waals surface area contributed by atoms with Gasteiger partial charge in [0.15, 0.2) is 0 Å². The van der Waals surface area contributed by atoms with Crippen LogP contribution in [0.25, 0.3) is 0 Å². The summed E-state index contributed by atoms with van der Waals surface area (Å²) >= 11 is 0. The number of hydrogen-bond acceptors (Lipinski definition) is 6. The van der Waals surface area contributed by atoms with E-state index < -0.39 is 31.5 Å². The Kier molecular flexibility index (Phi) is 8.64. The van der Waals surface area contributed by atoms with Crippen molar-refractivity contribution >= 4 is 19.4 Å². The maximum absolute atomic E-state index is 12.7. The number of ether oxygens (including phenoxy) is 2. The second-order valence-electron chi connectivity index (χ2n) is 4.35. The fourth-order valence-corrected chi connectivity index (χ4v) is 3.99. The van der Waals surface area contributed by atoms with Crippen molar-refractivity contribution in [2.45, 2.75) is 32.4 Å². The quantitative estimate of drug-likeness (QED) is 0.397. The van der Waals surface area contributed by atoms with Gasteiger partial charge in [0, 0.05) is 6.16 Å². The van der Waals surface area contributed by atoms with Crippen molar-refractivity contribution in [3.8, 4) is 0 Å². The Morgan fingerprint density at radius 2 is 1.50 bits per heavy atom. The molecule has 0 amide bonds. The van der Waals surface area contributed by atoms with E-state index in [1.807, 2.05) is 0 Å². The van der Waals surface area contributed by atoms with Crippen LogP contribution in [0.5, 0.6) is 0 Å². The van der Waals surface area contributed by atoms with Crippen LogP contribution in [0.4, 0.5) is 0 Å². The number of carbonyl (C=O) groups is 2. The van der Waals surface area contributed by atoms with Crippen LogP contribution in [-0.4, -0.2) is 50.9 Å². The predicted molar refractivity (Wildman–Crippen MR) is 75.4 cm³/mol. The minimum atomic E-state index is -3.16. The van der Waals surface area contributed by atoms with Crippen LogP contribution in [-0.2, 0) is 23.6 Å². The average molecular weight is 309 g/mol. The summed E-state index contributed by atoms with van der Waals surface area (Å²) in [6, 6.07) is -1.53. The molecule has 0 spiro atoms. The zero-order valence-corrected chi connectivity index (χ0v) is 13.2. The van der Waals surface area contributed by atoms with E-state index in [1.165, 1.54) is 28.1 Å². The molecule has 4 N–H and O–H groups in total. The summed E-state index contributed by atoms with van der Waals surface area (Å²) in [5.41, 5.74) is 5.41. The standard InChI is InChI=1S/C11H24N3O5P/c1-8(10(15)18-3)13-20(17,7-5-6-12)14-9(2)11(16)19-4/h8-9H,5-7,12H2,1-4H3,(H2,13,14,17). The molecular weight excluding hydrogens is 285 g/mol. The molecule has 118 valence electrons. The zero-order chi connectivity index (χ0) is 15.8. The maximum atomic E-state index is 12.7. The highest BCUT2D eigenvalue weighted by molar-refractivity contribution is 7.59. The first-order valence-electron chi connectivity index (χ1n) is 6.30. The fraction of sp³-hybridized carbons (Fsp3) is 0.818. The molecule has 2 atom stereocenters. The molecule has 0 aromatic carbocycles. The van der Waals surface area contributed by atoms with E-state index in [0.717, 1.165) is 0 Å². The molecule has 0 radical (unpaired) electrons. The predicted octanol–water partition coefficient (Wildman–Crippen LogP) is -0.169. The topological polar surface area (TPSA) is 120 Å². The summed E-state index contributed by atoms with van der Waals surface area (Å²) in [6.45, 7) is 3.42. The van der Waals surface area contributed by atoms with Gasteiger partial charge in [-0.05, 0) is 26.8 Å². The van der Waals surface area contributed by atoms with Gasteiger partial charge in [0.05, 0.1) is 14.2 Å². The smallest absolute Gasteiger partial charge is 0.322 e. The molecule has 20 heavy (non-hydrogen) atoms. The largest absolute Gasteiger partial charge is 0.468 e. The average Bonchev–Trinajstić information content (AvgIpc) is 2.42.